The van der Waals surface area contributed by atoms with Gasteiger partial charge in [-0.3, -0.25) is 19.2 Å². The van der Waals surface area contributed by atoms with Crippen LogP contribution in [0.2, 0.25) is 0 Å². The molecule has 1 aromatic carbocycles. The molecule has 0 fully saturated rings. The number of aliphatic hydroxyl groups is 1. The van der Waals surface area contributed by atoms with Crippen LogP contribution in [0.4, 0.5) is 0 Å². The lowest BCUT2D eigenvalue weighted by molar-refractivity contribution is -0.145. The number of aromatic nitrogens is 1. The largest absolute Gasteiger partial charge is 0.481 e. The maximum absolute atomic E-state index is 13.3. The van der Waals surface area contributed by atoms with Gasteiger partial charge in [-0.2, -0.15) is 0 Å². The van der Waals surface area contributed by atoms with Gasteiger partial charge in [0.15, 0.2) is 6.04 Å². The number of aromatic amines is 1. The summed E-state index contributed by atoms with van der Waals surface area (Å²) >= 11 is 0. The summed E-state index contributed by atoms with van der Waals surface area (Å²) in [6, 6.07) is 2.17. The molecule has 3 amide bonds. The molecule has 0 aliphatic carbocycles. The number of aliphatic carboxylic acids is 2. The van der Waals surface area contributed by atoms with Crippen LogP contribution in [0.5, 0.6) is 0 Å². The molecule has 1 heterocycles. The Bertz CT molecular complexity index is 1180. The van der Waals surface area contributed by atoms with E-state index in [0.717, 1.165) is 10.9 Å². The number of H-pyrrole nitrogens is 1. The maximum Gasteiger partial charge on any atom is 0.328 e. The highest BCUT2D eigenvalue weighted by atomic mass is 16.4. The molecule has 13 heteroatoms. The standard InChI is InChI=1S/C26H37N5O8/c1-13(2)10-19(29-23(35)17(27)8-9-21(33)34)24(36)30-20(25(37)31-22(14(3)32)26(38)39)11-15-12-28-18-7-5-4-6-16(15)18/h4-7,12-14,17,19-20,22,28,32H,8-11,27H2,1-3H3,(H,29,35)(H,30,36)(H,31,37)(H,33,34)(H,38,39). The third-order valence-electron chi connectivity index (χ3n) is 6.12. The van der Waals surface area contributed by atoms with Crippen LogP contribution in [-0.4, -0.2) is 80.2 Å². The number of nitrogens with two attached hydrogens (primary N) is 1. The van der Waals surface area contributed by atoms with E-state index in [-0.39, 0.29) is 31.6 Å². The van der Waals surface area contributed by atoms with Gasteiger partial charge in [0.2, 0.25) is 17.7 Å². The summed E-state index contributed by atoms with van der Waals surface area (Å²) < 4.78 is 0. The van der Waals surface area contributed by atoms with E-state index in [1.165, 1.54) is 6.92 Å². The van der Waals surface area contributed by atoms with Crippen molar-refractivity contribution in [1.29, 1.82) is 0 Å². The quantitative estimate of drug-likeness (QED) is 0.148. The zero-order valence-electron chi connectivity index (χ0n) is 22.1. The van der Waals surface area contributed by atoms with E-state index < -0.39 is 59.9 Å². The predicted molar refractivity (Wildman–Crippen MR) is 141 cm³/mol. The van der Waals surface area contributed by atoms with Gasteiger partial charge in [0.05, 0.1) is 12.1 Å². The Labute approximate surface area is 225 Å². The monoisotopic (exact) mass is 547 g/mol. The van der Waals surface area contributed by atoms with Crippen LogP contribution >= 0.6 is 0 Å². The summed E-state index contributed by atoms with van der Waals surface area (Å²) in [5.41, 5.74) is 7.27. The molecule has 0 bridgehead atoms. The molecule has 5 atom stereocenters. The van der Waals surface area contributed by atoms with Gasteiger partial charge in [0, 0.05) is 29.9 Å². The van der Waals surface area contributed by atoms with E-state index in [1.54, 1.807) is 6.20 Å². The number of aliphatic hydroxyl groups excluding tert-OH is 1. The van der Waals surface area contributed by atoms with E-state index in [4.69, 9.17) is 10.8 Å². The number of carbonyl (C=O) groups excluding carboxylic acids is 3. The molecule has 0 saturated heterocycles. The van der Waals surface area contributed by atoms with E-state index >= 15 is 0 Å². The first kappa shape index (κ1) is 31.2. The first-order chi connectivity index (χ1) is 18.3. The van der Waals surface area contributed by atoms with Gasteiger partial charge in [-0.1, -0.05) is 32.0 Å². The minimum Gasteiger partial charge on any atom is -0.481 e. The number of fused-ring (bicyclic) bond motifs is 1. The van der Waals surface area contributed by atoms with E-state index in [1.807, 2.05) is 38.1 Å². The highest BCUT2D eigenvalue weighted by Crippen LogP contribution is 2.19. The Morgan fingerprint density at radius 1 is 0.923 bits per heavy atom. The van der Waals surface area contributed by atoms with Crippen LogP contribution in [0.15, 0.2) is 30.5 Å². The average Bonchev–Trinajstić information content (AvgIpc) is 3.26. The van der Waals surface area contributed by atoms with Crippen molar-refractivity contribution in [2.45, 2.75) is 76.7 Å². The highest BCUT2D eigenvalue weighted by molar-refractivity contribution is 5.95. The van der Waals surface area contributed by atoms with Gasteiger partial charge in [-0.05, 0) is 37.3 Å². The minimum atomic E-state index is -1.61. The zero-order valence-corrected chi connectivity index (χ0v) is 22.1. The summed E-state index contributed by atoms with van der Waals surface area (Å²) in [6.07, 6.45) is -0.00872. The lowest BCUT2D eigenvalue weighted by Gasteiger charge is -2.26. The number of hydrogen-bond acceptors (Lipinski definition) is 7. The second-order valence-corrected chi connectivity index (χ2v) is 9.92. The summed E-state index contributed by atoms with van der Waals surface area (Å²) in [4.78, 5) is 64.6. The lowest BCUT2D eigenvalue weighted by Crippen LogP contribution is -2.59. The van der Waals surface area contributed by atoms with Gasteiger partial charge in [-0.25, -0.2) is 4.79 Å². The maximum atomic E-state index is 13.3. The van der Waals surface area contributed by atoms with Crippen molar-refractivity contribution in [3.63, 3.8) is 0 Å². The summed E-state index contributed by atoms with van der Waals surface area (Å²) in [7, 11) is 0. The van der Waals surface area contributed by atoms with Crippen LogP contribution < -0.4 is 21.7 Å². The molecule has 0 radical (unpaired) electrons. The van der Waals surface area contributed by atoms with Crippen molar-refractivity contribution in [3.05, 3.63) is 36.0 Å². The van der Waals surface area contributed by atoms with Crippen LogP contribution in [0.3, 0.4) is 0 Å². The molecular weight excluding hydrogens is 510 g/mol. The second-order valence-electron chi connectivity index (χ2n) is 9.92. The van der Waals surface area contributed by atoms with Crippen molar-refractivity contribution in [2.24, 2.45) is 11.7 Å². The zero-order chi connectivity index (χ0) is 29.3. The van der Waals surface area contributed by atoms with Crippen molar-refractivity contribution >= 4 is 40.6 Å². The molecule has 2 rings (SSSR count). The molecule has 9 N–H and O–H groups in total. The second kappa shape index (κ2) is 14.3. The number of nitrogens with one attached hydrogen (secondary N) is 4. The molecule has 0 spiro atoms. The molecule has 0 aliphatic heterocycles. The number of para-hydroxylation sites is 1. The fourth-order valence-electron chi connectivity index (χ4n) is 4.04. The van der Waals surface area contributed by atoms with Gasteiger partial charge in [0.25, 0.3) is 0 Å². The smallest absolute Gasteiger partial charge is 0.328 e. The molecule has 13 nitrogen and oxygen atoms in total. The van der Waals surface area contributed by atoms with Crippen LogP contribution in [0, 0.1) is 5.92 Å². The minimum absolute atomic E-state index is 0.0196. The van der Waals surface area contributed by atoms with Crippen molar-refractivity contribution in [1.82, 2.24) is 20.9 Å². The average molecular weight is 548 g/mol. The van der Waals surface area contributed by atoms with Gasteiger partial charge >= 0.3 is 11.9 Å². The summed E-state index contributed by atoms with van der Waals surface area (Å²) in [5, 5.41) is 36.3. The number of carbonyl (C=O) groups is 5. The van der Waals surface area contributed by atoms with Crippen molar-refractivity contribution in [3.8, 4) is 0 Å². The number of benzene rings is 1. The fourth-order valence-corrected chi connectivity index (χ4v) is 4.04. The molecule has 1 aromatic heterocycles. The lowest BCUT2D eigenvalue weighted by atomic mass is 10.00. The number of hydrogen-bond donors (Lipinski definition) is 8. The topological polar surface area (TPSA) is 224 Å². The number of amides is 3. The van der Waals surface area contributed by atoms with Crippen molar-refractivity contribution < 1.29 is 39.3 Å². The number of carboxylic acids is 2. The van der Waals surface area contributed by atoms with Crippen LogP contribution in [0.1, 0.15) is 45.6 Å². The highest BCUT2D eigenvalue weighted by Gasteiger charge is 2.32. The van der Waals surface area contributed by atoms with Crippen LogP contribution in [0.25, 0.3) is 10.9 Å². The first-order valence-electron chi connectivity index (χ1n) is 12.6. The van der Waals surface area contributed by atoms with E-state index in [0.29, 0.717) is 5.56 Å². The molecule has 39 heavy (non-hydrogen) atoms. The van der Waals surface area contributed by atoms with E-state index in [2.05, 4.69) is 20.9 Å². The third-order valence-corrected chi connectivity index (χ3v) is 6.12. The number of carboxylic acid groups (broad SMARTS) is 2. The Kier molecular flexibility index (Phi) is 11.4. The van der Waals surface area contributed by atoms with Crippen molar-refractivity contribution in [2.75, 3.05) is 0 Å². The van der Waals surface area contributed by atoms with E-state index in [9.17, 15) is 34.2 Å². The van der Waals surface area contributed by atoms with Gasteiger partial charge in [-0.15, -0.1) is 0 Å². The first-order valence-corrected chi connectivity index (χ1v) is 12.6. The molecule has 5 unspecified atom stereocenters. The molecule has 214 valence electrons. The Hall–Kier alpha value is -3.97. The number of rotatable bonds is 15. The predicted octanol–water partition coefficient (Wildman–Crippen LogP) is -0.132. The van der Waals surface area contributed by atoms with Gasteiger partial charge < -0.3 is 42.0 Å². The van der Waals surface area contributed by atoms with Gasteiger partial charge in [0.1, 0.15) is 12.1 Å². The summed E-state index contributed by atoms with van der Waals surface area (Å²) in [5.74, 6) is -4.87. The molecular formula is C26H37N5O8. The summed E-state index contributed by atoms with van der Waals surface area (Å²) in [6.45, 7) is 4.87. The van der Waals surface area contributed by atoms with Crippen LogP contribution in [-0.2, 0) is 30.4 Å². The normalized spacial score (nSPS) is 15.1. The Morgan fingerprint density at radius 3 is 2.13 bits per heavy atom. The third kappa shape index (κ3) is 9.37. The Balaban J connectivity index is 2.30. The molecule has 0 aliphatic rings. The fraction of sp³-hybridized carbons (Fsp3) is 0.500. The Morgan fingerprint density at radius 2 is 1.54 bits per heavy atom. The molecule has 0 saturated carbocycles. The SMILES string of the molecule is CC(C)CC(NC(=O)C(N)CCC(=O)O)C(=O)NC(Cc1c[nH]c2ccccc12)C(=O)NC(C(=O)O)C(C)O. The molecule has 2 aromatic rings.